The highest BCUT2D eigenvalue weighted by Gasteiger charge is 2.11. The van der Waals surface area contributed by atoms with E-state index in [0.717, 1.165) is 33.9 Å². The van der Waals surface area contributed by atoms with Gasteiger partial charge in [0.2, 0.25) is 0 Å². The van der Waals surface area contributed by atoms with Crippen LogP contribution < -0.4 is 10.1 Å². The highest BCUT2D eigenvalue weighted by molar-refractivity contribution is 7.99. The molecular weight excluding hydrogens is 294 g/mol. The number of amides is 1. The van der Waals surface area contributed by atoms with E-state index in [-0.39, 0.29) is 5.91 Å². The molecule has 0 fully saturated rings. The van der Waals surface area contributed by atoms with Crippen LogP contribution in [0.25, 0.3) is 0 Å². The van der Waals surface area contributed by atoms with Gasteiger partial charge >= 0.3 is 0 Å². The van der Waals surface area contributed by atoms with E-state index in [1.54, 1.807) is 18.9 Å². The van der Waals surface area contributed by atoms with Gasteiger partial charge in [-0.15, -0.1) is 11.8 Å². The molecule has 0 saturated heterocycles. The zero-order chi connectivity index (χ0) is 15.8. The second-order valence-electron chi connectivity index (χ2n) is 4.84. The summed E-state index contributed by atoms with van der Waals surface area (Å²) in [5.74, 6) is 1.75. The summed E-state index contributed by atoms with van der Waals surface area (Å²) < 4.78 is 5.30. The standard InChI is InChI=1S/C18H21NO2S/c1-3-12-22-17-11-7-5-9-15(17)18(20)19-13-14-8-4-6-10-16(14)21-2/h4-11H,3,12-13H2,1-2H3,(H,19,20). The number of carbonyl (C=O) groups is 1. The van der Waals surface area contributed by atoms with Gasteiger partial charge in [-0.3, -0.25) is 4.79 Å². The minimum absolute atomic E-state index is 0.0508. The lowest BCUT2D eigenvalue weighted by atomic mass is 10.1. The normalized spacial score (nSPS) is 10.3. The molecule has 2 aromatic carbocycles. The van der Waals surface area contributed by atoms with Crippen LogP contribution in [0.15, 0.2) is 53.4 Å². The van der Waals surface area contributed by atoms with Crippen molar-refractivity contribution >= 4 is 17.7 Å². The fourth-order valence-corrected chi connectivity index (χ4v) is 3.03. The minimum Gasteiger partial charge on any atom is -0.496 e. The van der Waals surface area contributed by atoms with E-state index in [1.165, 1.54) is 0 Å². The summed E-state index contributed by atoms with van der Waals surface area (Å²) >= 11 is 1.72. The van der Waals surface area contributed by atoms with Gasteiger partial charge in [0.15, 0.2) is 0 Å². The maximum absolute atomic E-state index is 12.4. The summed E-state index contributed by atoms with van der Waals surface area (Å²) in [5.41, 5.74) is 1.70. The summed E-state index contributed by atoms with van der Waals surface area (Å²) in [7, 11) is 1.64. The van der Waals surface area contributed by atoms with Gasteiger partial charge in [0.25, 0.3) is 5.91 Å². The second kappa shape index (κ2) is 8.49. The number of ether oxygens (including phenoxy) is 1. The predicted octanol–water partition coefficient (Wildman–Crippen LogP) is 4.13. The SMILES string of the molecule is CCCSc1ccccc1C(=O)NCc1ccccc1OC. The highest BCUT2D eigenvalue weighted by Crippen LogP contribution is 2.23. The van der Waals surface area contributed by atoms with Crippen molar-refractivity contribution < 1.29 is 9.53 Å². The minimum atomic E-state index is -0.0508. The highest BCUT2D eigenvalue weighted by atomic mass is 32.2. The second-order valence-corrected chi connectivity index (χ2v) is 5.98. The number of hydrogen-bond acceptors (Lipinski definition) is 3. The molecule has 0 radical (unpaired) electrons. The Morgan fingerprint density at radius 1 is 1.14 bits per heavy atom. The number of hydrogen-bond donors (Lipinski definition) is 1. The largest absolute Gasteiger partial charge is 0.496 e. The van der Waals surface area contributed by atoms with Gasteiger partial charge in [0, 0.05) is 17.0 Å². The van der Waals surface area contributed by atoms with Gasteiger partial charge in [-0.2, -0.15) is 0 Å². The van der Waals surface area contributed by atoms with Crippen molar-refractivity contribution in [3.05, 3.63) is 59.7 Å². The lowest BCUT2D eigenvalue weighted by molar-refractivity contribution is 0.0948. The van der Waals surface area contributed by atoms with Crippen LogP contribution in [0.4, 0.5) is 0 Å². The molecule has 0 atom stereocenters. The van der Waals surface area contributed by atoms with Crippen LogP contribution >= 0.6 is 11.8 Å². The van der Waals surface area contributed by atoms with Gasteiger partial charge in [0.1, 0.15) is 5.75 Å². The first-order valence-electron chi connectivity index (χ1n) is 7.38. The van der Waals surface area contributed by atoms with Crippen molar-refractivity contribution in [3.8, 4) is 5.75 Å². The molecule has 116 valence electrons. The van der Waals surface area contributed by atoms with E-state index in [4.69, 9.17) is 4.74 Å². The number of carbonyl (C=O) groups excluding carboxylic acids is 1. The van der Waals surface area contributed by atoms with Crippen molar-refractivity contribution in [3.63, 3.8) is 0 Å². The van der Waals surface area contributed by atoms with E-state index < -0.39 is 0 Å². The van der Waals surface area contributed by atoms with Crippen molar-refractivity contribution in [1.29, 1.82) is 0 Å². The van der Waals surface area contributed by atoms with Crippen LogP contribution in [0.2, 0.25) is 0 Å². The number of nitrogens with one attached hydrogen (secondary N) is 1. The Morgan fingerprint density at radius 3 is 2.64 bits per heavy atom. The first kappa shape index (κ1) is 16.4. The Bertz CT molecular complexity index is 628. The lowest BCUT2D eigenvalue weighted by Crippen LogP contribution is -2.23. The Hall–Kier alpha value is -1.94. The molecule has 0 heterocycles. The van der Waals surface area contributed by atoms with Crippen molar-refractivity contribution in [2.75, 3.05) is 12.9 Å². The Kier molecular flexibility index (Phi) is 6.34. The smallest absolute Gasteiger partial charge is 0.252 e. The lowest BCUT2D eigenvalue weighted by Gasteiger charge is -2.11. The summed E-state index contributed by atoms with van der Waals surface area (Å²) in [6.45, 7) is 2.59. The summed E-state index contributed by atoms with van der Waals surface area (Å²) in [6.07, 6.45) is 1.09. The fraction of sp³-hybridized carbons (Fsp3) is 0.278. The number of para-hydroxylation sites is 1. The van der Waals surface area contributed by atoms with Crippen LogP contribution in [0.5, 0.6) is 5.75 Å². The molecule has 0 aromatic heterocycles. The zero-order valence-electron chi connectivity index (χ0n) is 13.0. The zero-order valence-corrected chi connectivity index (χ0v) is 13.8. The molecule has 1 amide bonds. The van der Waals surface area contributed by atoms with Gasteiger partial charge in [0.05, 0.1) is 12.7 Å². The Labute approximate surface area is 136 Å². The number of thioether (sulfide) groups is 1. The number of rotatable bonds is 7. The maximum Gasteiger partial charge on any atom is 0.252 e. The van der Waals surface area contributed by atoms with Crippen molar-refractivity contribution in [1.82, 2.24) is 5.32 Å². The molecule has 0 unspecified atom stereocenters. The number of methoxy groups -OCH3 is 1. The Balaban J connectivity index is 2.06. The van der Waals surface area contributed by atoms with E-state index in [0.29, 0.717) is 6.54 Å². The van der Waals surface area contributed by atoms with Gasteiger partial charge in [-0.05, 0) is 30.4 Å². The Morgan fingerprint density at radius 2 is 1.86 bits per heavy atom. The fourth-order valence-electron chi connectivity index (χ4n) is 2.11. The van der Waals surface area contributed by atoms with Crippen LogP contribution in [-0.2, 0) is 6.54 Å². The first-order chi connectivity index (χ1) is 10.8. The van der Waals surface area contributed by atoms with E-state index in [2.05, 4.69) is 12.2 Å². The monoisotopic (exact) mass is 315 g/mol. The molecule has 22 heavy (non-hydrogen) atoms. The van der Waals surface area contributed by atoms with Gasteiger partial charge in [-0.1, -0.05) is 37.3 Å². The third-order valence-electron chi connectivity index (χ3n) is 3.23. The average Bonchev–Trinajstić information content (AvgIpc) is 2.58. The summed E-state index contributed by atoms with van der Waals surface area (Å²) in [5, 5.41) is 2.97. The molecule has 0 aliphatic rings. The number of benzene rings is 2. The molecule has 0 aliphatic carbocycles. The molecule has 4 heteroatoms. The first-order valence-corrected chi connectivity index (χ1v) is 8.36. The van der Waals surface area contributed by atoms with Crippen LogP contribution in [0, 0.1) is 0 Å². The predicted molar refractivity (Wildman–Crippen MR) is 91.6 cm³/mol. The molecule has 2 rings (SSSR count). The third kappa shape index (κ3) is 4.28. The van der Waals surface area contributed by atoms with Crippen LogP contribution in [0.1, 0.15) is 29.3 Å². The third-order valence-corrected chi connectivity index (χ3v) is 4.50. The van der Waals surface area contributed by atoms with Crippen LogP contribution in [-0.4, -0.2) is 18.8 Å². The average molecular weight is 315 g/mol. The molecule has 0 spiro atoms. The topological polar surface area (TPSA) is 38.3 Å². The molecule has 0 aliphatic heterocycles. The van der Waals surface area contributed by atoms with E-state index >= 15 is 0 Å². The maximum atomic E-state index is 12.4. The van der Waals surface area contributed by atoms with E-state index in [9.17, 15) is 4.79 Å². The molecule has 0 bridgehead atoms. The molecular formula is C18H21NO2S. The molecule has 1 N–H and O–H groups in total. The summed E-state index contributed by atoms with van der Waals surface area (Å²) in [6, 6.07) is 15.4. The molecule has 0 saturated carbocycles. The molecule has 2 aromatic rings. The molecule has 3 nitrogen and oxygen atoms in total. The summed E-state index contributed by atoms with van der Waals surface area (Å²) in [4.78, 5) is 13.5. The van der Waals surface area contributed by atoms with E-state index in [1.807, 2.05) is 48.5 Å². The van der Waals surface area contributed by atoms with Crippen LogP contribution in [0.3, 0.4) is 0 Å². The van der Waals surface area contributed by atoms with Crippen molar-refractivity contribution in [2.24, 2.45) is 0 Å². The van der Waals surface area contributed by atoms with Gasteiger partial charge < -0.3 is 10.1 Å². The van der Waals surface area contributed by atoms with Gasteiger partial charge in [-0.25, -0.2) is 0 Å². The van der Waals surface area contributed by atoms with Crippen molar-refractivity contribution in [2.45, 2.75) is 24.8 Å². The quantitative estimate of drug-likeness (QED) is 0.781.